The van der Waals surface area contributed by atoms with Crippen molar-refractivity contribution in [2.45, 2.75) is 13.8 Å². The minimum Gasteiger partial charge on any atom is -0.461 e. The molecule has 0 saturated heterocycles. The van der Waals surface area contributed by atoms with Crippen molar-refractivity contribution in [2.75, 3.05) is 6.61 Å². The standard InChI is InChI=1S/C6H12N2O2S/c1-3-10-6(9)5(7)4(2)11-8/h3,7-8H2,1-2H3/b5-4-. The molecule has 5 heteroatoms. The van der Waals surface area contributed by atoms with Crippen LogP contribution < -0.4 is 10.9 Å². The molecular weight excluding hydrogens is 164 g/mol. The maximum atomic E-state index is 10.9. The van der Waals surface area contributed by atoms with Crippen LogP contribution in [0.4, 0.5) is 0 Å². The summed E-state index contributed by atoms with van der Waals surface area (Å²) in [5.41, 5.74) is 5.44. The minimum atomic E-state index is -0.511. The molecule has 0 aromatic rings. The summed E-state index contributed by atoms with van der Waals surface area (Å²) in [6.07, 6.45) is 0. The first-order chi connectivity index (χ1) is 5.13. The van der Waals surface area contributed by atoms with Crippen LogP contribution in [-0.4, -0.2) is 12.6 Å². The lowest BCUT2D eigenvalue weighted by Crippen LogP contribution is -2.16. The molecule has 0 rings (SSSR count). The molecule has 0 aromatic heterocycles. The lowest BCUT2D eigenvalue weighted by molar-refractivity contribution is -0.138. The summed E-state index contributed by atoms with van der Waals surface area (Å²) >= 11 is 0.941. The van der Waals surface area contributed by atoms with Gasteiger partial charge in [0.2, 0.25) is 0 Å². The third kappa shape index (κ3) is 3.29. The highest BCUT2D eigenvalue weighted by molar-refractivity contribution is 8.00. The SMILES string of the molecule is CCOC(=O)/C(N)=C(\C)SN. The molecule has 0 radical (unpaired) electrons. The van der Waals surface area contributed by atoms with Crippen LogP contribution in [0.2, 0.25) is 0 Å². The van der Waals surface area contributed by atoms with Gasteiger partial charge in [-0.15, -0.1) is 0 Å². The van der Waals surface area contributed by atoms with Crippen LogP contribution in [-0.2, 0) is 9.53 Å². The molecule has 0 aliphatic rings. The van der Waals surface area contributed by atoms with E-state index >= 15 is 0 Å². The first-order valence-corrected chi connectivity index (χ1v) is 4.01. The van der Waals surface area contributed by atoms with Crippen LogP contribution in [0.15, 0.2) is 10.6 Å². The maximum Gasteiger partial charge on any atom is 0.355 e. The Hall–Kier alpha value is -0.680. The summed E-state index contributed by atoms with van der Waals surface area (Å²) in [5, 5.41) is 5.18. The first kappa shape index (κ1) is 10.3. The fraction of sp³-hybridized carbons (Fsp3) is 0.500. The number of rotatable bonds is 3. The number of hydrogen-bond acceptors (Lipinski definition) is 5. The molecule has 64 valence electrons. The molecule has 4 N–H and O–H groups in total. The van der Waals surface area contributed by atoms with Crippen LogP contribution in [0.3, 0.4) is 0 Å². The largest absolute Gasteiger partial charge is 0.461 e. The molecule has 0 spiro atoms. The summed E-state index contributed by atoms with van der Waals surface area (Å²) in [6.45, 7) is 3.70. The summed E-state index contributed by atoms with van der Waals surface area (Å²) < 4.78 is 4.64. The fourth-order valence-electron chi connectivity index (χ4n) is 0.416. The molecule has 11 heavy (non-hydrogen) atoms. The van der Waals surface area contributed by atoms with Crippen molar-refractivity contribution in [1.82, 2.24) is 0 Å². The van der Waals surface area contributed by atoms with Crippen molar-refractivity contribution in [1.29, 1.82) is 0 Å². The van der Waals surface area contributed by atoms with Crippen LogP contribution in [0.5, 0.6) is 0 Å². The van der Waals surface area contributed by atoms with Gasteiger partial charge in [-0.05, 0) is 13.8 Å². The van der Waals surface area contributed by atoms with Crippen molar-refractivity contribution in [3.05, 3.63) is 10.6 Å². The van der Waals surface area contributed by atoms with Gasteiger partial charge in [0.05, 0.1) is 6.61 Å². The summed E-state index contributed by atoms with van der Waals surface area (Å²) in [5.74, 6) is -0.511. The highest BCUT2D eigenvalue weighted by Gasteiger charge is 2.08. The van der Waals surface area contributed by atoms with Gasteiger partial charge in [0.1, 0.15) is 5.70 Å². The fourth-order valence-corrected chi connectivity index (χ4v) is 0.626. The molecule has 0 fully saturated rings. The van der Waals surface area contributed by atoms with Crippen molar-refractivity contribution in [2.24, 2.45) is 10.9 Å². The van der Waals surface area contributed by atoms with Gasteiger partial charge in [-0.3, -0.25) is 5.14 Å². The maximum absolute atomic E-state index is 10.9. The molecule has 0 unspecified atom stereocenters. The van der Waals surface area contributed by atoms with E-state index < -0.39 is 5.97 Å². The van der Waals surface area contributed by atoms with E-state index in [-0.39, 0.29) is 5.70 Å². The normalized spacial score (nSPS) is 12.3. The predicted octanol–water partition coefficient (Wildman–Crippen LogP) is 0.347. The Balaban J connectivity index is 4.22. The smallest absolute Gasteiger partial charge is 0.355 e. The molecule has 0 saturated carbocycles. The lowest BCUT2D eigenvalue weighted by atomic mass is 10.4. The summed E-state index contributed by atoms with van der Waals surface area (Å²) in [6, 6.07) is 0. The Morgan fingerprint density at radius 3 is 2.55 bits per heavy atom. The van der Waals surface area contributed by atoms with Gasteiger partial charge in [-0.1, -0.05) is 11.9 Å². The Morgan fingerprint density at radius 2 is 2.18 bits per heavy atom. The highest BCUT2D eigenvalue weighted by Crippen LogP contribution is 2.09. The molecule has 0 aliphatic heterocycles. The van der Waals surface area contributed by atoms with Crippen LogP contribution in [0.25, 0.3) is 0 Å². The predicted molar refractivity (Wildman–Crippen MR) is 45.3 cm³/mol. The van der Waals surface area contributed by atoms with Gasteiger partial charge in [-0.25, -0.2) is 4.79 Å². The Morgan fingerprint density at radius 1 is 1.64 bits per heavy atom. The zero-order chi connectivity index (χ0) is 8.85. The second-order valence-electron chi connectivity index (χ2n) is 1.81. The number of carbonyl (C=O) groups excluding carboxylic acids is 1. The van der Waals surface area contributed by atoms with Gasteiger partial charge >= 0.3 is 5.97 Å². The van der Waals surface area contributed by atoms with Gasteiger partial charge < -0.3 is 10.5 Å². The van der Waals surface area contributed by atoms with E-state index in [1.54, 1.807) is 13.8 Å². The van der Waals surface area contributed by atoms with Crippen molar-refractivity contribution >= 4 is 17.9 Å². The molecule has 0 bridgehead atoms. The van der Waals surface area contributed by atoms with Gasteiger partial charge in [0.15, 0.2) is 0 Å². The number of nitrogens with two attached hydrogens (primary N) is 2. The van der Waals surface area contributed by atoms with Gasteiger partial charge in [-0.2, -0.15) is 0 Å². The second-order valence-corrected chi connectivity index (χ2v) is 2.66. The van der Waals surface area contributed by atoms with Crippen molar-refractivity contribution < 1.29 is 9.53 Å². The van der Waals surface area contributed by atoms with Gasteiger partial charge in [0.25, 0.3) is 0 Å². The number of allylic oxidation sites excluding steroid dienone is 1. The minimum absolute atomic E-state index is 0.0827. The van der Waals surface area contributed by atoms with E-state index in [0.29, 0.717) is 11.5 Å². The number of esters is 1. The first-order valence-electron chi connectivity index (χ1n) is 3.13. The molecule has 0 amide bonds. The Kier molecular flexibility index (Phi) is 4.72. The van der Waals surface area contributed by atoms with E-state index in [0.717, 1.165) is 11.9 Å². The third-order valence-electron chi connectivity index (χ3n) is 1.05. The monoisotopic (exact) mass is 176 g/mol. The summed E-state index contributed by atoms with van der Waals surface area (Å²) in [7, 11) is 0. The van der Waals surface area contributed by atoms with E-state index in [4.69, 9.17) is 10.9 Å². The molecule has 0 aliphatic carbocycles. The molecule has 4 nitrogen and oxygen atoms in total. The number of ether oxygens (including phenoxy) is 1. The second kappa shape index (κ2) is 5.03. The average Bonchev–Trinajstić information content (AvgIpc) is 2.02. The number of hydrogen-bond donors (Lipinski definition) is 2. The summed E-state index contributed by atoms with van der Waals surface area (Å²) in [4.78, 5) is 11.4. The number of carbonyl (C=O) groups is 1. The van der Waals surface area contributed by atoms with Crippen LogP contribution >= 0.6 is 11.9 Å². The van der Waals surface area contributed by atoms with E-state index in [9.17, 15) is 4.79 Å². The lowest BCUT2D eigenvalue weighted by Gasteiger charge is -2.03. The highest BCUT2D eigenvalue weighted by atomic mass is 32.2. The topological polar surface area (TPSA) is 78.3 Å². The van der Waals surface area contributed by atoms with Crippen LogP contribution in [0.1, 0.15) is 13.8 Å². The van der Waals surface area contributed by atoms with Crippen LogP contribution in [0, 0.1) is 0 Å². The Bertz CT molecular complexity index is 179. The van der Waals surface area contributed by atoms with Crippen molar-refractivity contribution in [3.8, 4) is 0 Å². The molecule has 0 aromatic carbocycles. The average molecular weight is 176 g/mol. The van der Waals surface area contributed by atoms with E-state index in [1.165, 1.54) is 0 Å². The molecule has 0 atom stereocenters. The quantitative estimate of drug-likeness (QED) is 0.368. The van der Waals surface area contributed by atoms with E-state index in [2.05, 4.69) is 4.74 Å². The molecule has 0 heterocycles. The molecular formula is C6H12N2O2S. The zero-order valence-electron chi connectivity index (χ0n) is 6.59. The third-order valence-corrected chi connectivity index (χ3v) is 1.62. The van der Waals surface area contributed by atoms with E-state index in [1.807, 2.05) is 0 Å². The zero-order valence-corrected chi connectivity index (χ0v) is 7.40. The van der Waals surface area contributed by atoms with Crippen molar-refractivity contribution in [3.63, 3.8) is 0 Å². The van der Waals surface area contributed by atoms with Gasteiger partial charge in [0, 0.05) is 4.91 Å². The Labute approximate surface area is 70.1 Å².